The number of nitrogens with zero attached hydrogens (tertiary/aromatic N) is 2. The number of likely N-dealkylation sites (tertiary alicyclic amines) is 1. The Bertz CT molecular complexity index is 766. The number of para-hydroxylation sites is 1. The first-order valence-electron chi connectivity index (χ1n) is 8.94. The molecule has 1 aromatic carbocycles. The van der Waals surface area contributed by atoms with Crippen molar-refractivity contribution in [2.45, 2.75) is 44.4 Å². The van der Waals surface area contributed by atoms with Gasteiger partial charge in [-0.2, -0.15) is 0 Å². The fourth-order valence-corrected chi connectivity index (χ4v) is 3.49. The van der Waals surface area contributed by atoms with Gasteiger partial charge in [-0.05, 0) is 56.8 Å². The molecule has 0 radical (unpaired) electrons. The number of halogens is 1. The Balaban J connectivity index is 1.32. The number of benzene rings is 1. The van der Waals surface area contributed by atoms with Gasteiger partial charge >= 0.3 is 0 Å². The van der Waals surface area contributed by atoms with Crippen molar-refractivity contribution < 1.29 is 14.3 Å². The van der Waals surface area contributed by atoms with E-state index >= 15 is 0 Å². The Morgan fingerprint density at radius 1 is 1.36 bits per heavy atom. The summed E-state index contributed by atoms with van der Waals surface area (Å²) >= 11 is 0. The van der Waals surface area contributed by atoms with Gasteiger partial charge < -0.3 is 15.4 Å². The van der Waals surface area contributed by atoms with E-state index in [-0.39, 0.29) is 23.7 Å². The van der Waals surface area contributed by atoms with Crippen LogP contribution >= 0.6 is 0 Å². The molecule has 1 atom stereocenters. The van der Waals surface area contributed by atoms with Crippen molar-refractivity contribution in [3.05, 3.63) is 29.8 Å². The molecular formula is C18H23FN4O2. The average Bonchev–Trinajstić information content (AvgIpc) is 3.32. The number of aromatic amines is 1. The third-order valence-electron chi connectivity index (χ3n) is 5.16. The van der Waals surface area contributed by atoms with Crippen LogP contribution in [0.3, 0.4) is 0 Å². The average molecular weight is 346 g/mol. The number of aliphatic hydroxyl groups excluding tert-OH is 1. The van der Waals surface area contributed by atoms with Crippen LogP contribution in [0.1, 0.15) is 31.5 Å². The van der Waals surface area contributed by atoms with E-state index in [0.29, 0.717) is 17.6 Å². The van der Waals surface area contributed by atoms with Gasteiger partial charge in [-0.1, -0.05) is 6.07 Å². The lowest BCUT2D eigenvalue weighted by atomic mass is 9.90. The minimum atomic E-state index is -0.914. The summed E-state index contributed by atoms with van der Waals surface area (Å²) in [6.07, 6.45) is 2.68. The minimum Gasteiger partial charge on any atom is -0.383 e. The molecule has 25 heavy (non-hydrogen) atoms. The van der Waals surface area contributed by atoms with Crippen LogP contribution in [0.25, 0.3) is 11.0 Å². The van der Waals surface area contributed by atoms with Crippen molar-refractivity contribution >= 4 is 16.9 Å². The maximum absolute atomic E-state index is 13.7. The Kier molecular flexibility index (Phi) is 4.43. The van der Waals surface area contributed by atoms with Crippen molar-refractivity contribution in [3.8, 4) is 0 Å². The largest absolute Gasteiger partial charge is 0.383 e. The number of rotatable bonds is 5. The van der Waals surface area contributed by atoms with Crippen LogP contribution in [0.15, 0.2) is 18.2 Å². The van der Waals surface area contributed by atoms with E-state index in [4.69, 9.17) is 0 Å². The zero-order chi connectivity index (χ0) is 17.4. The van der Waals surface area contributed by atoms with Gasteiger partial charge in [-0.15, -0.1) is 0 Å². The van der Waals surface area contributed by atoms with Gasteiger partial charge in [0.15, 0.2) is 5.82 Å². The fourth-order valence-electron chi connectivity index (χ4n) is 3.49. The summed E-state index contributed by atoms with van der Waals surface area (Å²) in [5, 5.41) is 13.1. The molecular weight excluding hydrogens is 323 g/mol. The van der Waals surface area contributed by atoms with Crippen LogP contribution in [-0.2, 0) is 11.3 Å². The number of carbonyl (C=O) groups is 1. The predicted octanol–water partition coefficient (Wildman–Crippen LogP) is 1.55. The number of amides is 1. The van der Waals surface area contributed by atoms with Crippen LogP contribution < -0.4 is 5.32 Å². The summed E-state index contributed by atoms with van der Waals surface area (Å²) in [5.41, 5.74) is 1.08. The number of hydrogen-bond donors (Lipinski definition) is 3. The summed E-state index contributed by atoms with van der Waals surface area (Å²) in [6, 6.07) is 5.16. The number of carbonyl (C=O) groups excluding carboxylic acids is 1. The normalized spacial score (nSPS) is 20.7. The quantitative estimate of drug-likeness (QED) is 0.767. The Hall–Kier alpha value is -1.99. The maximum Gasteiger partial charge on any atom is 0.249 e. The van der Waals surface area contributed by atoms with E-state index in [1.165, 1.54) is 6.07 Å². The second-order valence-electron chi connectivity index (χ2n) is 7.16. The molecule has 2 aromatic rings. The van der Waals surface area contributed by atoms with Crippen molar-refractivity contribution in [1.29, 1.82) is 0 Å². The highest BCUT2D eigenvalue weighted by Gasteiger charge is 2.33. The summed E-state index contributed by atoms with van der Waals surface area (Å²) in [5.74, 6) is 0.200. The number of imidazole rings is 1. The highest BCUT2D eigenvalue weighted by molar-refractivity contribution is 5.81. The molecule has 1 aliphatic heterocycles. The number of nitrogens with one attached hydrogen (secondary N) is 2. The Labute approximate surface area is 145 Å². The van der Waals surface area contributed by atoms with Crippen molar-refractivity contribution in [3.63, 3.8) is 0 Å². The molecule has 134 valence electrons. The summed E-state index contributed by atoms with van der Waals surface area (Å²) in [4.78, 5) is 21.7. The predicted molar refractivity (Wildman–Crippen MR) is 91.2 cm³/mol. The molecule has 4 rings (SSSR count). The Morgan fingerprint density at radius 2 is 2.12 bits per heavy atom. The van der Waals surface area contributed by atoms with Crippen LogP contribution in [-0.4, -0.2) is 51.1 Å². The molecule has 2 heterocycles. The zero-order valence-corrected chi connectivity index (χ0v) is 14.0. The highest BCUT2D eigenvalue weighted by Crippen LogP contribution is 2.24. The molecule has 1 saturated heterocycles. The van der Waals surface area contributed by atoms with E-state index in [1.807, 2.05) is 6.07 Å². The minimum absolute atomic E-state index is 0.00289. The van der Waals surface area contributed by atoms with Crippen molar-refractivity contribution in [2.24, 2.45) is 5.92 Å². The number of H-pyrrole nitrogens is 1. The molecule has 6 nitrogen and oxygen atoms in total. The summed E-state index contributed by atoms with van der Waals surface area (Å²) in [6.45, 7) is 2.20. The van der Waals surface area contributed by atoms with Gasteiger partial charge in [0.25, 0.3) is 0 Å². The van der Waals surface area contributed by atoms with Gasteiger partial charge in [0.1, 0.15) is 17.4 Å². The molecule has 2 aliphatic rings. The second-order valence-corrected chi connectivity index (χ2v) is 7.16. The molecule has 1 saturated carbocycles. The van der Waals surface area contributed by atoms with E-state index in [0.717, 1.165) is 44.6 Å². The standard InChI is InChI=1S/C18H23FN4O2/c19-13-2-1-3-14-16(13)22-15(21-14)10-23-8-6-11(7-9-23)17(24)18(25)20-12-4-5-12/h1-3,11-12,17,24H,4-10H2,(H,20,25)(H,21,22). The van der Waals surface area contributed by atoms with Gasteiger partial charge in [0.2, 0.25) is 5.91 Å². The number of fused-ring (bicyclic) bond motifs is 1. The molecule has 2 fully saturated rings. The molecule has 1 aromatic heterocycles. The third kappa shape index (κ3) is 3.67. The molecule has 1 aliphatic carbocycles. The fraction of sp³-hybridized carbons (Fsp3) is 0.556. The summed E-state index contributed by atoms with van der Waals surface area (Å²) in [7, 11) is 0. The molecule has 7 heteroatoms. The molecule has 0 spiro atoms. The lowest BCUT2D eigenvalue weighted by Crippen LogP contribution is -2.45. The van der Waals surface area contributed by atoms with Gasteiger partial charge in [-0.25, -0.2) is 9.37 Å². The van der Waals surface area contributed by atoms with E-state index in [9.17, 15) is 14.3 Å². The SMILES string of the molecule is O=C(NC1CC1)C(O)C1CCN(Cc2nc3c(F)cccc3[nH]2)CC1. The van der Waals surface area contributed by atoms with Crippen molar-refractivity contribution in [2.75, 3.05) is 13.1 Å². The van der Waals surface area contributed by atoms with Crippen LogP contribution in [0.4, 0.5) is 4.39 Å². The zero-order valence-electron chi connectivity index (χ0n) is 14.0. The monoisotopic (exact) mass is 346 g/mol. The highest BCUT2D eigenvalue weighted by atomic mass is 19.1. The lowest BCUT2D eigenvalue weighted by molar-refractivity contribution is -0.133. The van der Waals surface area contributed by atoms with Crippen LogP contribution in [0.2, 0.25) is 0 Å². The van der Waals surface area contributed by atoms with Gasteiger partial charge in [0, 0.05) is 6.04 Å². The Morgan fingerprint density at radius 3 is 2.80 bits per heavy atom. The smallest absolute Gasteiger partial charge is 0.249 e. The first-order chi connectivity index (χ1) is 12.1. The van der Waals surface area contributed by atoms with Gasteiger partial charge in [0.05, 0.1) is 12.1 Å². The van der Waals surface area contributed by atoms with Crippen molar-refractivity contribution in [1.82, 2.24) is 20.2 Å². The number of piperidine rings is 1. The van der Waals surface area contributed by atoms with E-state index in [2.05, 4.69) is 20.2 Å². The maximum atomic E-state index is 13.7. The summed E-state index contributed by atoms with van der Waals surface area (Å²) < 4.78 is 13.7. The first-order valence-corrected chi connectivity index (χ1v) is 8.94. The third-order valence-corrected chi connectivity index (χ3v) is 5.16. The number of aromatic nitrogens is 2. The lowest BCUT2D eigenvalue weighted by Gasteiger charge is -2.33. The first kappa shape index (κ1) is 16.5. The number of aliphatic hydroxyl groups is 1. The number of hydrogen-bond acceptors (Lipinski definition) is 4. The molecule has 1 amide bonds. The second kappa shape index (κ2) is 6.72. The molecule has 0 bridgehead atoms. The van der Waals surface area contributed by atoms with Crippen LogP contribution in [0, 0.1) is 11.7 Å². The topological polar surface area (TPSA) is 81.2 Å². The molecule has 1 unspecified atom stereocenters. The van der Waals surface area contributed by atoms with Gasteiger partial charge in [-0.3, -0.25) is 9.69 Å². The van der Waals surface area contributed by atoms with E-state index in [1.54, 1.807) is 6.07 Å². The van der Waals surface area contributed by atoms with Crippen LogP contribution in [0.5, 0.6) is 0 Å². The molecule has 3 N–H and O–H groups in total. The van der Waals surface area contributed by atoms with E-state index < -0.39 is 6.10 Å².